The van der Waals surface area contributed by atoms with Crippen molar-refractivity contribution in [1.82, 2.24) is 20.5 Å². The Kier molecular flexibility index (Phi) is 7.53. The maximum Gasteiger partial charge on any atom is 0.251 e. The second-order valence-electron chi connectivity index (χ2n) is 6.81. The standard InChI is InChI=1S/C22H22F3N5O/c1-2-26-22(31)14-5-6-17(24)16(12-14)19-7-8-21(30-29-19)28-11-9-15(23)13-20-18(25)4-3-10-27-20/h3-8,10,12,15H,2,9,11,13H2,1H3,(H,26,31)(H,28,30)/t15-/m0/s1. The first kappa shape index (κ1) is 22.2. The van der Waals surface area contributed by atoms with Crippen LogP contribution in [0.15, 0.2) is 48.7 Å². The van der Waals surface area contributed by atoms with Gasteiger partial charge in [-0.15, -0.1) is 10.2 Å². The van der Waals surface area contributed by atoms with Gasteiger partial charge < -0.3 is 10.6 Å². The molecule has 2 heterocycles. The number of pyridine rings is 1. The summed E-state index contributed by atoms with van der Waals surface area (Å²) in [4.78, 5) is 15.8. The fourth-order valence-electron chi connectivity index (χ4n) is 2.93. The highest BCUT2D eigenvalue weighted by molar-refractivity contribution is 5.95. The lowest BCUT2D eigenvalue weighted by Crippen LogP contribution is -2.22. The predicted octanol–water partition coefficient (Wildman–Crippen LogP) is 3.95. The molecule has 0 spiro atoms. The van der Waals surface area contributed by atoms with Crippen LogP contribution in [-0.2, 0) is 6.42 Å². The van der Waals surface area contributed by atoms with Crippen LogP contribution in [0.1, 0.15) is 29.4 Å². The molecule has 1 aromatic carbocycles. The molecule has 1 atom stereocenters. The number of benzene rings is 1. The molecule has 2 aromatic heterocycles. The third-order valence-corrected chi connectivity index (χ3v) is 4.52. The minimum absolute atomic E-state index is 0.0935. The number of carbonyl (C=O) groups excluding carboxylic acids is 1. The number of nitrogens with zero attached hydrogens (tertiary/aromatic N) is 3. The Bertz CT molecular complexity index is 1030. The number of carbonyl (C=O) groups is 1. The maximum atomic E-state index is 14.2. The van der Waals surface area contributed by atoms with Gasteiger partial charge in [-0.25, -0.2) is 13.2 Å². The molecule has 0 radical (unpaired) electrons. The van der Waals surface area contributed by atoms with E-state index in [1.54, 1.807) is 19.1 Å². The van der Waals surface area contributed by atoms with Gasteiger partial charge in [0, 0.05) is 36.8 Å². The molecule has 6 nitrogen and oxygen atoms in total. The van der Waals surface area contributed by atoms with E-state index in [1.165, 1.54) is 36.5 Å². The largest absolute Gasteiger partial charge is 0.368 e. The number of hydrogen-bond donors (Lipinski definition) is 2. The van der Waals surface area contributed by atoms with Gasteiger partial charge in [-0.1, -0.05) is 0 Å². The summed E-state index contributed by atoms with van der Waals surface area (Å²) in [5.74, 6) is -0.963. The Morgan fingerprint density at radius 1 is 1.10 bits per heavy atom. The van der Waals surface area contributed by atoms with Gasteiger partial charge in [0.1, 0.15) is 23.6 Å². The molecule has 0 unspecified atom stereocenters. The topological polar surface area (TPSA) is 79.8 Å². The van der Waals surface area contributed by atoms with E-state index in [4.69, 9.17) is 0 Å². The number of aromatic nitrogens is 3. The summed E-state index contributed by atoms with van der Waals surface area (Å²) in [6, 6.07) is 9.88. The Balaban J connectivity index is 1.57. The first-order valence-electron chi connectivity index (χ1n) is 9.87. The van der Waals surface area contributed by atoms with Crippen LogP contribution in [0.25, 0.3) is 11.3 Å². The minimum Gasteiger partial charge on any atom is -0.368 e. The maximum absolute atomic E-state index is 14.2. The molecule has 9 heteroatoms. The van der Waals surface area contributed by atoms with Crippen molar-refractivity contribution in [1.29, 1.82) is 0 Å². The lowest BCUT2D eigenvalue weighted by atomic mass is 10.1. The van der Waals surface area contributed by atoms with E-state index in [-0.39, 0.29) is 42.2 Å². The Labute approximate surface area is 177 Å². The average molecular weight is 429 g/mol. The molecule has 3 rings (SSSR count). The molecule has 0 bridgehead atoms. The number of nitrogens with one attached hydrogen (secondary N) is 2. The van der Waals surface area contributed by atoms with Crippen LogP contribution in [0.2, 0.25) is 0 Å². The third-order valence-electron chi connectivity index (χ3n) is 4.52. The van der Waals surface area contributed by atoms with Crippen LogP contribution in [-0.4, -0.2) is 40.3 Å². The average Bonchev–Trinajstić information content (AvgIpc) is 2.76. The van der Waals surface area contributed by atoms with Crippen molar-refractivity contribution in [2.75, 3.05) is 18.4 Å². The van der Waals surface area contributed by atoms with Crippen LogP contribution in [0.3, 0.4) is 0 Å². The van der Waals surface area contributed by atoms with E-state index in [0.29, 0.717) is 17.9 Å². The molecule has 0 saturated heterocycles. The van der Waals surface area contributed by atoms with Gasteiger partial charge >= 0.3 is 0 Å². The summed E-state index contributed by atoms with van der Waals surface area (Å²) in [5.41, 5.74) is 0.837. The molecule has 0 fully saturated rings. The molecule has 162 valence electrons. The van der Waals surface area contributed by atoms with Crippen molar-refractivity contribution in [3.63, 3.8) is 0 Å². The minimum atomic E-state index is -1.27. The highest BCUT2D eigenvalue weighted by Crippen LogP contribution is 2.22. The number of rotatable bonds is 9. The van der Waals surface area contributed by atoms with Gasteiger partial charge in [-0.3, -0.25) is 9.78 Å². The highest BCUT2D eigenvalue weighted by atomic mass is 19.1. The molecule has 0 saturated carbocycles. The zero-order chi connectivity index (χ0) is 22.2. The molecular formula is C22H22F3N5O. The number of anilines is 1. The SMILES string of the molecule is CCNC(=O)c1ccc(F)c(-c2ccc(NCC[C@H](F)Cc3ncccc3F)nn2)c1. The quantitative estimate of drug-likeness (QED) is 0.539. The van der Waals surface area contributed by atoms with Gasteiger partial charge in [0.05, 0.1) is 11.4 Å². The van der Waals surface area contributed by atoms with Gasteiger partial charge in [0.2, 0.25) is 0 Å². The normalized spacial score (nSPS) is 11.7. The molecule has 1 amide bonds. The lowest BCUT2D eigenvalue weighted by Gasteiger charge is -2.10. The zero-order valence-electron chi connectivity index (χ0n) is 16.9. The highest BCUT2D eigenvalue weighted by Gasteiger charge is 2.14. The van der Waals surface area contributed by atoms with E-state index in [9.17, 15) is 18.0 Å². The van der Waals surface area contributed by atoms with Crippen LogP contribution in [0.5, 0.6) is 0 Å². The second-order valence-corrected chi connectivity index (χ2v) is 6.81. The van der Waals surface area contributed by atoms with Gasteiger partial charge in [0.15, 0.2) is 0 Å². The molecular weight excluding hydrogens is 407 g/mol. The fourth-order valence-corrected chi connectivity index (χ4v) is 2.93. The summed E-state index contributed by atoms with van der Waals surface area (Å²) in [5, 5.41) is 13.6. The molecule has 0 aliphatic heterocycles. The molecule has 0 aliphatic carbocycles. The number of hydrogen-bond acceptors (Lipinski definition) is 5. The van der Waals surface area contributed by atoms with Crippen LogP contribution < -0.4 is 10.6 Å². The van der Waals surface area contributed by atoms with Crippen molar-refractivity contribution in [3.8, 4) is 11.3 Å². The van der Waals surface area contributed by atoms with Crippen LogP contribution in [0.4, 0.5) is 19.0 Å². The lowest BCUT2D eigenvalue weighted by molar-refractivity contribution is 0.0956. The summed E-state index contributed by atoms with van der Waals surface area (Å²) in [7, 11) is 0. The summed E-state index contributed by atoms with van der Waals surface area (Å²) in [6.45, 7) is 2.51. The zero-order valence-corrected chi connectivity index (χ0v) is 16.9. The predicted molar refractivity (Wildman–Crippen MR) is 111 cm³/mol. The number of alkyl halides is 1. The molecule has 3 aromatic rings. The Morgan fingerprint density at radius 2 is 1.94 bits per heavy atom. The number of amides is 1. The van der Waals surface area contributed by atoms with Crippen molar-refractivity contribution >= 4 is 11.7 Å². The Morgan fingerprint density at radius 3 is 2.65 bits per heavy atom. The first-order chi connectivity index (χ1) is 15.0. The smallest absolute Gasteiger partial charge is 0.251 e. The van der Waals surface area contributed by atoms with Crippen molar-refractivity contribution in [2.24, 2.45) is 0 Å². The van der Waals surface area contributed by atoms with Gasteiger partial charge in [-0.05, 0) is 55.8 Å². The Hall–Kier alpha value is -3.49. The number of halogens is 3. The van der Waals surface area contributed by atoms with Crippen molar-refractivity contribution in [3.05, 3.63) is 71.6 Å². The molecule has 2 N–H and O–H groups in total. The van der Waals surface area contributed by atoms with Crippen molar-refractivity contribution < 1.29 is 18.0 Å². The van der Waals surface area contributed by atoms with E-state index in [0.717, 1.165) is 0 Å². The second kappa shape index (κ2) is 10.5. The van der Waals surface area contributed by atoms with Crippen molar-refractivity contribution in [2.45, 2.75) is 25.9 Å². The fraction of sp³-hybridized carbons (Fsp3) is 0.273. The van der Waals surface area contributed by atoms with E-state index in [1.807, 2.05) is 0 Å². The van der Waals surface area contributed by atoms with Gasteiger partial charge in [0.25, 0.3) is 5.91 Å². The first-order valence-corrected chi connectivity index (χ1v) is 9.87. The molecule has 31 heavy (non-hydrogen) atoms. The monoisotopic (exact) mass is 429 g/mol. The van der Waals surface area contributed by atoms with Gasteiger partial charge in [-0.2, -0.15) is 0 Å². The summed E-state index contributed by atoms with van der Waals surface area (Å²) >= 11 is 0. The van der Waals surface area contributed by atoms with Crippen LogP contribution in [0, 0.1) is 11.6 Å². The van der Waals surface area contributed by atoms with Crippen LogP contribution >= 0.6 is 0 Å². The summed E-state index contributed by atoms with van der Waals surface area (Å²) < 4.78 is 41.9. The van der Waals surface area contributed by atoms with E-state index in [2.05, 4.69) is 25.8 Å². The summed E-state index contributed by atoms with van der Waals surface area (Å²) in [6.07, 6.45) is 0.174. The molecule has 0 aliphatic rings. The van der Waals surface area contributed by atoms with E-state index < -0.39 is 17.8 Å². The van der Waals surface area contributed by atoms with E-state index >= 15 is 0 Å². The third kappa shape index (κ3) is 6.00.